The van der Waals surface area contributed by atoms with E-state index >= 15 is 0 Å². The van der Waals surface area contributed by atoms with Crippen LogP contribution in [0.15, 0.2) is 0 Å². The minimum Gasteiger partial charge on any atom is -2.00 e. The molecule has 0 aromatic rings. The molecular formula is C3H9OPZn. The standard InChI is InChI=1S/C3H9P.O.Zn/c1-3-4-2;;/h4H,3H2,1-2H3;;/q;-2;+2. The smallest absolute Gasteiger partial charge is 2.00 e. The van der Waals surface area contributed by atoms with E-state index in [0.717, 1.165) is 8.58 Å². The van der Waals surface area contributed by atoms with E-state index in [0.29, 0.717) is 0 Å². The molecule has 0 amide bonds. The average Bonchev–Trinajstić information content (AvgIpc) is 1.37. The van der Waals surface area contributed by atoms with Crippen LogP contribution in [0.25, 0.3) is 0 Å². The van der Waals surface area contributed by atoms with Gasteiger partial charge in [0.15, 0.2) is 0 Å². The molecule has 0 bridgehead atoms. The number of rotatable bonds is 1. The Labute approximate surface area is 53.7 Å². The Morgan fingerprint density at radius 3 is 1.67 bits per heavy atom. The molecule has 0 rings (SSSR count). The maximum Gasteiger partial charge on any atom is 2.00 e. The van der Waals surface area contributed by atoms with Crippen molar-refractivity contribution < 1.29 is 25.0 Å². The largest absolute Gasteiger partial charge is 2.00 e. The molecule has 34 valence electrons. The van der Waals surface area contributed by atoms with Gasteiger partial charge in [-0.25, -0.2) is 0 Å². The summed E-state index contributed by atoms with van der Waals surface area (Å²) in [6, 6.07) is 0. The number of hydrogen-bond acceptors (Lipinski definition) is 0. The fourth-order valence-corrected chi connectivity index (χ4v) is 0. The van der Waals surface area contributed by atoms with Crippen LogP contribution < -0.4 is 0 Å². The molecule has 0 saturated heterocycles. The van der Waals surface area contributed by atoms with E-state index in [1.165, 1.54) is 6.16 Å². The maximum atomic E-state index is 2.21. The van der Waals surface area contributed by atoms with Crippen LogP contribution in [0.2, 0.25) is 0 Å². The molecule has 3 heteroatoms. The van der Waals surface area contributed by atoms with Crippen molar-refractivity contribution in [1.82, 2.24) is 0 Å². The van der Waals surface area contributed by atoms with E-state index in [1.54, 1.807) is 0 Å². The van der Waals surface area contributed by atoms with Crippen molar-refractivity contribution >= 4 is 8.58 Å². The van der Waals surface area contributed by atoms with Gasteiger partial charge in [0.05, 0.1) is 0 Å². The molecule has 0 saturated carbocycles. The van der Waals surface area contributed by atoms with E-state index in [2.05, 4.69) is 13.6 Å². The van der Waals surface area contributed by atoms with Gasteiger partial charge in [-0.2, -0.15) is 0 Å². The van der Waals surface area contributed by atoms with Crippen molar-refractivity contribution in [3.05, 3.63) is 0 Å². The molecule has 1 atom stereocenters. The Bertz CT molecular complexity index is 12.8. The maximum absolute atomic E-state index is 2.21. The molecule has 0 aromatic heterocycles. The van der Waals surface area contributed by atoms with Gasteiger partial charge in [-0.05, 0) is 12.8 Å². The second-order valence-electron chi connectivity index (χ2n) is 0.707. The fraction of sp³-hybridized carbons (Fsp3) is 1.00. The van der Waals surface area contributed by atoms with Crippen molar-refractivity contribution in [2.45, 2.75) is 6.92 Å². The third-order valence-electron chi connectivity index (χ3n) is 0.354. The van der Waals surface area contributed by atoms with Gasteiger partial charge in [0, 0.05) is 0 Å². The minimum atomic E-state index is 0. The summed E-state index contributed by atoms with van der Waals surface area (Å²) in [4.78, 5) is 0. The second kappa shape index (κ2) is 16.6. The van der Waals surface area contributed by atoms with Crippen LogP contribution in [0.5, 0.6) is 0 Å². The predicted octanol–water partition coefficient (Wildman–Crippen LogP) is 1.19. The molecule has 0 aliphatic carbocycles. The first-order valence-corrected chi connectivity index (χ1v) is 3.27. The van der Waals surface area contributed by atoms with Crippen LogP contribution in [0.3, 0.4) is 0 Å². The molecule has 1 unspecified atom stereocenters. The third-order valence-corrected chi connectivity index (χ3v) is 1.06. The Hall–Kier alpha value is 1.01. The van der Waals surface area contributed by atoms with Gasteiger partial charge >= 0.3 is 19.5 Å². The molecule has 0 aromatic carbocycles. The predicted molar refractivity (Wildman–Crippen MR) is 25.5 cm³/mol. The summed E-state index contributed by atoms with van der Waals surface area (Å²) in [6.45, 7) is 4.40. The van der Waals surface area contributed by atoms with Crippen LogP contribution >= 0.6 is 8.58 Å². The summed E-state index contributed by atoms with van der Waals surface area (Å²) in [5, 5.41) is 0. The Kier molecular flexibility index (Phi) is 43.7. The molecule has 1 nitrogen and oxygen atoms in total. The summed E-state index contributed by atoms with van der Waals surface area (Å²) in [7, 11) is 1.14. The van der Waals surface area contributed by atoms with Crippen molar-refractivity contribution in [2.24, 2.45) is 0 Å². The van der Waals surface area contributed by atoms with Gasteiger partial charge in [0.25, 0.3) is 0 Å². The van der Waals surface area contributed by atoms with Gasteiger partial charge in [-0.15, -0.1) is 8.58 Å². The molecule has 0 spiro atoms. The van der Waals surface area contributed by atoms with Crippen LogP contribution in [0.4, 0.5) is 0 Å². The average molecular weight is 157 g/mol. The summed E-state index contributed by atoms with van der Waals surface area (Å²) < 4.78 is 0. The minimum absolute atomic E-state index is 0. The molecule has 0 radical (unpaired) electrons. The molecule has 0 aliphatic rings. The molecule has 0 fully saturated rings. The van der Waals surface area contributed by atoms with Crippen molar-refractivity contribution in [2.75, 3.05) is 12.8 Å². The Morgan fingerprint density at radius 2 is 1.67 bits per heavy atom. The van der Waals surface area contributed by atoms with Crippen LogP contribution in [0, 0.1) is 0 Å². The number of hydrogen-bond donors (Lipinski definition) is 0. The van der Waals surface area contributed by atoms with E-state index in [9.17, 15) is 0 Å². The van der Waals surface area contributed by atoms with E-state index in [4.69, 9.17) is 0 Å². The summed E-state index contributed by atoms with van der Waals surface area (Å²) in [6.07, 6.45) is 1.35. The SMILES string of the molecule is CCPC.[O-2].[Zn+2]. The second-order valence-corrected chi connectivity index (χ2v) is 2.12. The zero-order valence-electron chi connectivity index (χ0n) is 4.32. The fourth-order valence-electron chi connectivity index (χ4n) is 0. The topological polar surface area (TPSA) is 28.5 Å². The van der Waals surface area contributed by atoms with Crippen molar-refractivity contribution in [3.8, 4) is 0 Å². The van der Waals surface area contributed by atoms with E-state index in [-0.39, 0.29) is 25.0 Å². The first kappa shape index (κ1) is 15.7. The molecule has 6 heavy (non-hydrogen) atoms. The zero-order valence-corrected chi connectivity index (χ0v) is 8.29. The van der Waals surface area contributed by atoms with Gasteiger partial charge in [-0.1, -0.05) is 6.92 Å². The van der Waals surface area contributed by atoms with Gasteiger partial charge < -0.3 is 5.48 Å². The van der Waals surface area contributed by atoms with E-state index in [1.807, 2.05) is 0 Å². The zero-order chi connectivity index (χ0) is 3.41. The first-order chi connectivity index (χ1) is 1.91. The van der Waals surface area contributed by atoms with Gasteiger partial charge in [-0.3, -0.25) is 0 Å². The molecule has 0 aliphatic heterocycles. The summed E-state index contributed by atoms with van der Waals surface area (Å²) in [5.41, 5.74) is 0. The molecule has 0 heterocycles. The van der Waals surface area contributed by atoms with Crippen LogP contribution in [-0.4, -0.2) is 12.8 Å². The first-order valence-electron chi connectivity index (χ1n) is 1.56. The quantitative estimate of drug-likeness (QED) is 0.404. The van der Waals surface area contributed by atoms with E-state index < -0.39 is 0 Å². The molecular weight excluding hydrogens is 148 g/mol. The Balaban J connectivity index is -0.0000000450. The van der Waals surface area contributed by atoms with Gasteiger partial charge in [0.1, 0.15) is 0 Å². The molecule has 0 N–H and O–H groups in total. The van der Waals surface area contributed by atoms with Crippen LogP contribution in [0.1, 0.15) is 6.92 Å². The van der Waals surface area contributed by atoms with Crippen LogP contribution in [-0.2, 0) is 25.0 Å². The summed E-state index contributed by atoms with van der Waals surface area (Å²) in [5.74, 6) is 0. The van der Waals surface area contributed by atoms with Crippen molar-refractivity contribution in [1.29, 1.82) is 0 Å². The monoisotopic (exact) mass is 156 g/mol. The Morgan fingerprint density at radius 1 is 1.50 bits per heavy atom. The van der Waals surface area contributed by atoms with Gasteiger partial charge in [0.2, 0.25) is 0 Å². The summed E-state index contributed by atoms with van der Waals surface area (Å²) >= 11 is 0. The normalized spacial score (nSPS) is 7.00. The van der Waals surface area contributed by atoms with Crippen molar-refractivity contribution in [3.63, 3.8) is 0 Å². The third kappa shape index (κ3) is 19.9.